The van der Waals surface area contributed by atoms with Gasteiger partial charge in [0.1, 0.15) is 5.82 Å². The Balaban J connectivity index is 3.02. The van der Waals surface area contributed by atoms with Gasteiger partial charge in [0.15, 0.2) is 0 Å². The Morgan fingerprint density at radius 3 is 2.87 bits per heavy atom. The molecular weight excluding hydrogens is 199 g/mol. The van der Waals surface area contributed by atoms with Crippen molar-refractivity contribution < 1.29 is 9.31 Å². The van der Waals surface area contributed by atoms with Gasteiger partial charge < -0.3 is 5.73 Å². The average Bonchev–Trinajstić information content (AvgIpc) is 2.20. The van der Waals surface area contributed by atoms with Gasteiger partial charge in [-0.25, -0.2) is 4.39 Å². The first-order valence-electron chi connectivity index (χ1n) is 4.28. The zero-order chi connectivity index (χ0) is 11.3. The molecular formula is C10H9FN2O2. The fourth-order valence-electron chi connectivity index (χ4n) is 0.953. The summed E-state index contributed by atoms with van der Waals surface area (Å²) in [7, 11) is 0. The molecule has 0 aliphatic rings. The molecule has 4 nitrogen and oxygen atoms in total. The number of nitrogens with zero attached hydrogens (tertiary/aromatic N) is 1. The first-order valence-corrected chi connectivity index (χ1v) is 4.28. The fourth-order valence-corrected chi connectivity index (χ4v) is 0.953. The number of benzene rings is 1. The molecule has 0 unspecified atom stereocenters. The summed E-state index contributed by atoms with van der Waals surface area (Å²) in [5.41, 5.74) is 5.06. The highest BCUT2D eigenvalue weighted by molar-refractivity contribution is 5.44. The molecule has 0 atom stereocenters. The first-order chi connectivity index (χ1) is 7.15. The van der Waals surface area contributed by atoms with E-state index in [1.165, 1.54) is 0 Å². The zero-order valence-corrected chi connectivity index (χ0v) is 7.87. The highest BCUT2D eigenvalue weighted by Gasteiger charge is 2.08. The van der Waals surface area contributed by atoms with Crippen LogP contribution in [0.3, 0.4) is 0 Å². The molecule has 0 bridgehead atoms. The summed E-state index contributed by atoms with van der Waals surface area (Å²) >= 11 is 0. The van der Waals surface area contributed by atoms with Crippen molar-refractivity contribution in [2.45, 2.75) is 6.42 Å². The van der Waals surface area contributed by atoms with Gasteiger partial charge in [0.25, 0.3) is 5.69 Å². The molecule has 1 rings (SSSR count). The van der Waals surface area contributed by atoms with Crippen LogP contribution in [0.1, 0.15) is 12.0 Å². The second-order valence-corrected chi connectivity index (χ2v) is 2.76. The first kappa shape index (κ1) is 11.1. The van der Waals surface area contributed by atoms with Crippen molar-refractivity contribution in [3.05, 3.63) is 39.7 Å². The third-order valence-electron chi connectivity index (χ3n) is 1.65. The number of nitrogens with two attached hydrogens (primary N) is 1. The molecule has 1 aromatic rings. The Bertz CT molecular complexity index is 435. The molecule has 0 radical (unpaired) electrons. The molecule has 0 aromatic heterocycles. The smallest absolute Gasteiger partial charge is 0.270 e. The average molecular weight is 208 g/mol. The van der Waals surface area contributed by atoms with Crippen LogP contribution in [0.25, 0.3) is 0 Å². The highest BCUT2D eigenvalue weighted by atomic mass is 19.1. The second-order valence-electron chi connectivity index (χ2n) is 2.76. The predicted octanol–water partition coefficient (Wildman–Crippen LogP) is 1.43. The summed E-state index contributed by atoms with van der Waals surface area (Å²) in [6.45, 7) is 0.379. The molecule has 2 N–H and O–H groups in total. The van der Waals surface area contributed by atoms with Crippen LogP contribution in [0.4, 0.5) is 10.1 Å². The lowest BCUT2D eigenvalue weighted by molar-refractivity contribution is -0.384. The maximum absolute atomic E-state index is 13.1. The van der Waals surface area contributed by atoms with Crippen molar-refractivity contribution in [1.29, 1.82) is 0 Å². The van der Waals surface area contributed by atoms with Gasteiger partial charge in [0, 0.05) is 25.1 Å². The molecule has 0 aliphatic heterocycles. The SMILES string of the molecule is NCCC#Cc1cc([N+](=O)[O-])ccc1F. The molecule has 78 valence electrons. The standard InChI is InChI=1S/C10H9FN2O2/c11-10-5-4-9(13(14)15)7-8(10)3-1-2-6-12/h4-5,7H,2,6,12H2. The van der Waals surface area contributed by atoms with E-state index in [0.29, 0.717) is 13.0 Å². The topological polar surface area (TPSA) is 69.2 Å². The van der Waals surface area contributed by atoms with Crippen LogP contribution in [0, 0.1) is 27.8 Å². The highest BCUT2D eigenvalue weighted by Crippen LogP contribution is 2.15. The molecule has 5 heteroatoms. The minimum Gasteiger partial charge on any atom is -0.330 e. The maximum atomic E-state index is 13.1. The quantitative estimate of drug-likeness (QED) is 0.454. The van der Waals surface area contributed by atoms with E-state index in [1.807, 2.05) is 0 Å². The van der Waals surface area contributed by atoms with E-state index in [2.05, 4.69) is 11.8 Å². The Kier molecular flexibility index (Phi) is 3.77. The minimum absolute atomic E-state index is 0.0256. The van der Waals surface area contributed by atoms with Gasteiger partial charge in [-0.05, 0) is 6.07 Å². The number of nitro benzene ring substituents is 1. The largest absolute Gasteiger partial charge is 0.330 e. The van der Waals surface area contributed by atoms with Crippen LogP contribution in [0.5, 0.6) is 0 Å². The Morgan fingerprint density at radius 2 is 2.27 bits per heavy atom. The fraction of sp³-hybridized carbons (Fsp3) is 0.200. The summed E-state index contributed by atoms with van der Waals surface area (Å²) in [4.78, 5) is 9.82. The Labute approximate surface area is 86.0 Å². The van der Waals surface area contributed by atoms with Gasteiger partial charge in [0.2, 0.25) is 0 Å². The van der Waals surface area contributed by atoms with Crippen LogP contribution in [-0.4, -0.2) is 11.5 Å². The van der Waals surface area contributed by atoms with E-state index in [1.54, 1.807) is 0 Å². The van der Waals surface area contributed by atoms with Crippen molar-refractivity contribution in [3.63, 3.8) is 0 Å². The third kappa shape index (κ3) is 3.04. The van der Waals surface area contributed by atoms with Gasteiger partial charge >= 0.3 is 0 Å². The third-order valence-corrected chi connectivity index (χ3v) is 1.65. The summed E-state index contributed by atoms with van der Waals surface area (Å²) in [6.07, 6.45) is 0.433. The van der Waals surface area contributed by atoms with E-state index in [4.69, 9.17) is 5.73 Å². The predicted molar refractivity (Wildman–Crippen MR) is 53.6 cm³/mol. The van der Waals surface area contributed by atoms with Crippen molar-refractivity contribution in [1.82, 2.24) is 0 Å². The lowest BCUT2D eigenvalue weighted by atomic mass is 10.2. The second kappa shape index (κ2) is 5.08. The number of rotatable bonds is 2. The summed E-state index contributed by atoms with van der Waals surface area (Å²) in [6, 6.07) is 3.24. The van der Waals surface area contributed by atoms with Crippen molar-refractivity contribution in [2.75, 3.05) is 6.54 Å². The monoisotopic (exact) mass is 208 g/mol. The number of hydrogen-bond donors (Lipinski definition) is 1. The summed E-state index contributed by atoms with van der Waals surface area (Å²) < 4.78 is 13.1. The van der Waals surface area contributed by atoms with Crippen LogP contribution < -0.4 is 5.73 Å². The normalized spacial score (nSPS) is 9.20. The van der Waals surface area contributed by atoms with E-state index in [0.717, 1.165) is 18.2 Å². The van der Waals surface area contributed by atoms with Crippen LogP contribution in [0.2, 0.25) is 0 Å². The lowest BCUT2D eigenvalue weighted by Gasteiger charge is -1.94. The van der Waals surface area contributed by atoms with E-state index >= 15 is 0 Å². The Morgan fingerprint density at radius 1 is 1.53 bits per heavy atom. The van der Waals surface area contributed by atoms with Crippen molar-refractivity contribution in [3.8, 4) is 11.8 Å². The summed E-state index contributed by atoms with van der Waals surface area (Å²) in [5, 5.41) is 10.4. The van der Waals surface area contributed by atoms with Gasteiger partial charge in [-0.2, -0.15) is 0 Å². The van der Waals surface area contributed by atoms with Crippen molar-refractivity contribution >= 4 is 5.69 Å². The zero-order valence-electron chi connectivity index (χ0n) is 7.87. The van der Waals surface area contributed by atoms with E-state index < -0.39 is 10.7 Å². The van der Waals surface area contributed by atoms with Crippen LogP contribution >= 0.6 is 0 Å². The Hall–Kier alpha value is -1.93. The molecule has 15 heavy (non-hydrogen) atoms. The van der Waals surface area contributed by atoms with Gasteiger partial charge in [0.05, 0.1) is 10.5 Å². The van der Waals surface area contributed by atoms with Crippen LogP contribution in [-0.2, 0) is 0 Å². The van der Waals surface area contributed by atoms with Crippen molar-refractivity contribution in [2.24, 2.45) is 5.73 Å². The van der Waals surface area contributed by atoms with Gasteiger partial charge in [-0.15, -0.1) is 0 Å². The molecule has 0 fully saturated rings. The number of hydrogen-bond acceptors (Lipinski definition) is 3. The molecule has 0 amide bonds. The lowest BCUT2D eigenvalue weighted by Crippen LogP contribution is -1.96. The number of halogens is 1. The van der Waals surface area contributed by atoms with E-state index in [-0.39, 0.29) is 11.3 Å². The molecule has 1 aromatic carbocycles. The maximum Gasteiger partial charge on any atom is 0.270 e. The van der Waals surface area contributed by atoms with Crippen LogP contribution in [0.15, 0.2) is 18.2 Å². The van der Waals surface area contributed by atoms with Gasteiger partial charge in [-0.3, -0.25) is 10.1 Å². The summed E-state index contributed by atoms with van der Waals surface area (Å²) in [5.74, 6) is 4.56. The molecule has 0 saturated carbocycles. The molecule has 0 spiro atoms. The minimum atomic E-state index is -0.590. The molecule has 0 saturated heterocycles. The number of nitro groups is 1. The number of non-ortho nitro benzene ring substituents is 1. The van der Waals surface area contributed by atoms with E-state index in [9.17, 15) is 14.5 Å². The molecule has 0 heterocycles. The van der Waals surface area contributed by atoms with Gasteiger partial charge in [-0.1, -0.05) is 11.8 Å². The molecule has 0 aliphatic carbocycles.